The van der Waals surface area contributed by atoms with E-state index in [1.54, 1.807) is 30.4 Å². The van der Waals surface area contributed by atoms with Gasteiger partial charge in [-0.25, -0.2) is 4.39 Å². The van der Waals surface area contributed by atoms with E-state index in [0.29, 0.717) is 17.7 Å². The smallest absolute Gasteiger partial charge is 0.278 e. The normalized spacial score (nSPS) is 13.2. The number of rotatable bonds is 7. The molecule has 0 saturated heterocycles. The molecule has 0 fully saturated rings. The first-order chi connectivity index (χ1) is 15.5. The molecule has 3 aromatic rings. The molecule has 0 aliphatic carbocycles. The minimum Gasteiger partial charge on any atom is -0.502 e. The lowest BCUT2D eigenvalue weighted by Crippen LogP contribution is -2.46. The van der Waals surface area contributed by atoms with Crippen LogP contribution in [-0.4, -0.2) is 40.4 Å². The van der Waals surface area contributed by atoms with Gasteiger partial charge in [-0.1, -0.05) is 42.5 Å². The number of para-hydroxylation sites is 1. The molecule has 1 aromatic heterocycles. The van der Waals surface area contributed by atoms with Gasteiger partial charge in [0.1, 0.15) is 24.8 Å². The van der Waals surface area contributed by atoms with E-state index in [-0.39, 0.29) is 31.3 Å². The number of fused-ring (bicyclic) bond motifs is 1. The third-order valence-electron chi connectivity index (χ3n) is 5.13. The van der Waals surface area contributed by atoms with Crippen molar-refractivity contribution in [1.29, 1.82) is 0 Å². The summed E-state index contributed by atoms with van der Waals surface area (Å²) in [5.41, 5.74) is 3.72. The van der Waals surface area contributed by atoms with Crippen molar-refractivity contribution in [1.82, 2.24) is 9.58 Å². The summed E-state index contributed by atoms with van der Waals surface area (Å²) in [7, 11) is 0. The maximum absolute atomic E-state index is 14.0. The summed E-state index contributed by atoms with van der Waals surface area (Å²) in [4.78, 5) is 25.7. The van der Waals surface area contributed by atoms with Gasteiger partial charge < -0.3 is 20.2 Å². The van der Waals surface area contributed by atoms with Crippen LogP contribution in [0.3, 0.4) is 0 Å². The zero-order chi connectivity index (χ0) is 22.5. The lowest BCUT2D eigenvalue weighted by atomic mass is 10.0. The molecule has 1 amide bonds. The van der Waals surface area contributed by atoms with Crippen LogP contribution >= 0.6 is 0 Å². The number of amides is 1. The largest absolute Gasteiger partial charge is 0.502 e. The number of hydrogen-bond acceptors (Lipinski definition) is 5. The van der Waals surface area contributed by atoms with Crippen LogP contribution < -0.4 is 15.6 Å². The maximum Gasteiger partial charge on any atom is 0.278 e. The number of pyridine rings is 1. The predicted octanol–water partition coefficient (Wildman–Crippen LogP) is 2.88. The molecule has 0 atom stereocenters. The van der Waals surface area contributed by atoms with Crippen molar-refractivity contribution in [3.63, 3.8) is 0 Å². The van der Waals surface area contributed by atoms with Gasteiger partial charge in [0.2, 0.25) is 5.43 Å². The molecule has 4 rings (SSSR count). The third-order valence-corrected chi connectivity index (χ3v) is 5.13. The number of nitrogens with zero attached hydrogens (tertiary/aromatic N) is 2. The fourth-order valence-electron chi connectivity index (χ4n) is 3.44. The Morgan fingerprint density at radius 1 is 1.03 bits per heavy atom. The molecule has 0 bridgehead atoms. The number of aromatic hydroxyl groups is 1. The molecule has 32 heavy (non-hydrogen) atoms. The molecule has 8 heteroatoms. The molecule has 0 saturated carbocycles. The first-order valence-corrected chi connectivity index (χ1v) is 10.1. The quantitative estimate of drug-likeness (QED) is 0.558. The molecule has 1 aliphatic rings. The van der Waals surface area contributed by atoms with Gasteiger partial charge in [0.05, 0.1) is 0 Å². The van der Waals surface area contributed by atoms with E-state index in [2.05, 4.69) is 5.43 Å². The van der Waals surface area contributed by atoms with Gasteiger partial charge in [0, 0.05) is 25.2 Å². The van der Waals surface area contributed by atoms with Crippen LogP contribution in [0, 0.1) is 5.82 Å². The fourth-order valence-corrected chi connectivity index (χ4v) is 3.44. The zero-order valence-electron chi connectivity index (χ0n) is 17.2. The van der Waals surface area contributed by atoms with Crippen LogP contribution in [0.2, 0.25) is 0 Å². The van der Waals surface area contributed by atoms with Crippen molar-refractivity contribution in [3.05, 3.63) is 106 Å². The topological polar surface area (TPSA) is 83.8 Å². The van der Waals surface area contributed by atoms with Crippen molar-refractivity contribution >= 4 is 5.91 Å². The van der Waals surface area contributed by atoms with Crippen molar-refractivity contribution in [2.24, 2.45) is 0 Å². The highest BCUT2D eigenvalue weighted by molar-refractivity contribution is 5.96. The number of carbonyl (C=O) groups is 1. The van der Waals surface area contributed by atoms with Crippen molar-refractivity contribution in [3.8, 4) is 11.5 Å². The second kappa shape index (κ2) is 9.38. The van der Waals surface area contributed by atoms with E-state index in [4.69, 9.17) is 4.74 Å². The standard InChI is InChI=1S/C24H22FN3O4/c25-19-9-3-1-7-17(19)15-18-8-2-4-10-21(18)32-14-6-5-12-27-16-26-28-13-11-20(29)23(30)22(28)24(27)31/h1-11,13,26,30H,12,14-16H2/b6-5-. The Morgan fingerprint density at radius 3 is 2.59 bits per heavy atom. The average molecular weight is 435 g/mol. The molecule has 2 heterocycles. The summed E-state index contributed by atoms with van der Waals surface area (Å²) >= 11 is 0. The molecular formula is C24H22FN3O4. The number of carbonyl (C=O) groups excluding carboxylic acids is 1. The Balaban J connectivity index is 1.35. The summed E-state index contributed by atoms with van der Waals surface area (Å²) in [6.45, 7) is 0.768. The molecule has 0 spiro atoms. The van der Waals surface area contributed by atoms with Gasteiger partial charge in [-0.2, -0.15) is 0 Å². The molecule has 164 valence electrons. The Kier molecular flexibility index (Phi) is 6.21. The minimum absolute atomic E-state index is 0.0875. The number of aromatic nitrogens is 1. The summed E-state index contributed by atoms with van der Waals surface area (Å²) in [6.07, 6.45) is 5.38. The summed E-state index contributed by atoms with van der Waals surface area (Å²) in [6, 6.07) is 15.3. The van der Waals surface area contributed by atoms with Crippen LogP contribution in [0.5, 0.6) is 11.5 Å². The number of halogens is 1. The molecule has 0 unspecified atom stereocenters. The van der Waals surface area contributed by atoms with Gasteiger partial charge in [-0.05, 0) is 29.3 Å². The SMILES string of the molecule is O=C1c2c(O)c(=O)ccn2NCN1C/C=C\COc1ccccc1Cc1ccccc1F. The monoisotopic (exact) mass is 435 g/mol. The van der Waals surface area contributed by atoms with Crippen molar-refractivity contribution < 1.29 is 19.0 Å². The van der Waals surface area contributed by atoms with E-state index in [0.717, 1.165) is 5.56 Å². The molecule has 7 nitrogen and oxygen atoms in total. The second-order valence-electron chi connectivity index (χ2n) is 7.25. The Labute approximate surface area is 184 Å². The fraction of sp³-hybridized carbons (Fsp3) is 0.167. The minimum atomic E-state index is -0.605. The van der Waals surface area contributed by atoms with E-state index < -0.39 is 17.1 Å². The molecule has 0 radical (unpaired) electrons. The highest BCUT2D eigenvalue weighted by Crippen LogP contribution is 2.23. The maximum atomic E-state index is 14.0. The van der Waals surface area contributed by atoms with Gasteiger partial charge in [0.25, 0.3) is 5.91 Å². The second-order valence-corrected chi connectivity index (χ2v) is 7.25. The highest BCUT2D eigenvalue weighted by Gasteiger charge is 2.27. The molecule has 1 aliphatic heterocycles. The van der Waals surface area contributed by atoms with Gasteiger partial charge in [-0.3, -0.25) is 14.3 Å². The zero-order valence-corrected chi connectivity index (χ0v) is 17.2. The average Bonchev–Trinajstić information content (AvgIpc) is 2.80. The highest BCUT2D eigenvalue weighted by atomic mass is 19.1. The lowest BCUT2D eigenvalue weighted by molar-refractivity contribution is 0.0741. The van der Waals surface area contributed by atoms with Crippen molar-refractivity contribution in [2.45, 2.75) is 6.42 Å². The van der Waals surface area contributed by atoms with Crippen LogP contribution in [0.1, 0.15) is 21.6 Å². The van der Waals surface area contributed by atoms with E-state index in [1.165, 1.54) is 27.9 Å². The number of nitrogens with one attached hydrogen (secondary N) is 1. The summed E-state index contributed by atoms with van der Waals surface area (Å²) in [5, 5.41) is 9.93. The lowest BCUT2D eigenvalue weighted by Gasteiger charge is -2.30. The van der Waals surface area contributed by atoms with E-state index in [9.17, 15) is 19.1 Å². The van der Waals surface area contributed by atoms with Crippen LogP contribution in [0.15, 0.2) is 77.7 Å². The number of ether oxygens (including phenoxy) is 1. The third kappa shape index (κ3) is 4.49. The van der Waals surface area contributed by atoms with Crippen molar-refractivity contribution in [2.75, 3.05) is 25.2 Å². The molecule has 2 N–H and O–H groups in total. The summed E-state index contributed by atoms with van der Waals surface area (Å²) < 4.78 is 21.2. The Bertz CT molecular complexity index is 1220. The predicted molar refractivity (Wildman–Crippen MR) is 118 cm³/mol. The number of benzene rings is 2. The summed E-state index contributed by atoms with van der Waals surface area (Å²) in [5.74, 6) is -0.612. The van der Waals surface area contributed by atoms with E-state index >= 15 is 0 Å². The Hall–Kier alpha value is -4.07. The Morgan fingerprint density at radius 2 is 1.78 bits per heavy atom. The number of hydrogen-bond donors (Lipinski definition) is 2. The van der Waals surface area contributed by atoms with Crippen LogP contribution in [-0.2, 0) is 6.42 Å². The first-order valence-electron chi connectivity index (χ1n) is 10.1. The van der Waals surface area contributed by atoms with Crippen LogP contribution in [0.25, 0.3) is 0 Å². The van der Waals surface area contributed by atoms with Gasteiger partial charge in [-0.15, -0.1) is 0 Å². The van der Waals surface area contributed by atoms with Crippen LogP contribution in [0.4, 0.5) is 4.39 Å². The van der Waals surface area contributed by atoms with Gasteiger partial charge >= 0.3 is 0 Å². The molecular weight excluding hydrogens is 413 g/mol. The van der Waals surface area contributed by atoms with Gasteiger partial charge in [0.15, 0.2) is 11.4 Å². The first kappa shape index (κ1) is 21.2. The molecule has 2 aromatic carbocycles. The van der Waals surface area contributed by atoms with E-state index in [1.807, 2.05) is 24.3 Å².